The van der Waals surface area contributed by atoms with E-state index in [9.17, 15) is 0 Å². The van der Waals surface area contributed by atoms with Crippen molar-refractivity contribution in [1.29, 1.82) is 0 Å². The topological polar surface area (TPSA) is 28.7 Å². The third-order valence-electron chi connectivity index (χ3n) is 1.72. The van der Waals surface area contributed by atoms with E-state index in [0.717, 1.165) is 16.5 Å². The van der Waals surface area contributed by atoms with E-state index in [1.807, 2.05) is 18.2 Å². The van der Waals surface area contributed by atoms with Gasteiger partial charge in [-0.1, -0.05) is 12.1 Å². The Morgan fingerprint density at radius 3 is 3.18 bits per heavy atom. The molecular formula is C8H7ClN2. The lowest BCUT2D eigenvalue weighted by Gasteiger charge is -1.94. The van der Waals surface area contributed by atoms with Gasteiger partial charge in [0.05, 0.1) is 11.7 Å². The van der Waals surface area contributed by atoms with Crippen LogP contribution < -0.4 is 0 Å². The second-order valence-electron chi connectivity index (χ2n) is 2.38. The number of aromatic nitrogens is 2. The summed E-state index contributed by atoms with van der Waals surface area (Å²) >= 11 is 5.72. The normalized spacial score (nSPS) is 10.6. The molecule has 3 heteroatoms. The van der Waals surface area contributed by atoms with Gasteiger partial charge in [-0.3, -0.25) is 5.10 Å². The van der Waals surface area contributed by atoms with E-state index < -0.39 is 0 Å². The summed E-state index contributed by atoms with van der Waals surface area (Å²) in [4.78, 5) is 0. The van der Waals surface area contributed by atoms with E-state index in [1.54, 1.807) is 6.20 Å². The maximum absolute atomic E-state index is 5.72. The maximum atomic E-state index is 5.72. The van der Waals surface area contributed by atoms with Gasteiger partial charge in [-0.25, -0.2) is 0 Å². The summed E-state index contributed by atoms with van der Waals surface area (Å²) in [5.41, 5.74) is 2.17. The number of rotatable bonds is 1. The molecule has 2 aromatic rings. The first kappa shape index (κ1) is 6.68. The van der Waals surface area contributed by atoms with Crippen molar-refractivity contribution in [2.24, 2.45) is 0 Å². The van der Waals surface area contributed by atoms with Gasteiger partial charge in [0.25, 0.3) is 0 Å². The molecule has 0 unspecified atom stereocenters. The van der Waals surface area contributed by atoms with E-state index in [4.69, 9.17) is 11.6 Å². The summed E-state index contributed by atoms with van der Waals surface area (Å²) in [6, 6.07) is 5.96. The quantitative estimate of drug-likeness (QED) is 0.647. The predicted octanol–water partition coefficient (Wildman–Crippen LogP) is 2.30. The van der Waals surface area contributed by atoms with Gasteiger partial charge < -0.3 is 0 Å². The number of fused-ring (bicyclic) bond motifs is 1. The van der Waals surface area contributed by atoms with Crippen LogP contribution in [-0.4, -0.2) is 10.2 Å². The van der Waals surface area contributed by atoms with Crippen molar-refractivity contribution in [3.05, 3.63) is 30.0 Å². The third kappa shape index (κ3) is 0.994. The van der Waals surface area contributed by atoms with Crippen LogP contribution in [0, 0.1) is 0 Å². The van der Waals surface area contributed by atoms with Crippen LogP contribution in [0.3, 0.4) is 0 Å². The van der Waals surface area contributed by atoms with Crippen molar-refractivity contribution >= 4 is 22.5 Å². The fourth-order valence-electron chi connectivity index (χ4n) is 1.15. The monoisotopic (exact) mass is 166 g/mol. The highest BCUT2D eigenvalue weighted by Gasteiger charge is 1.99. The minimum Gasteiger partial charge on any atom is -0.278 e. The summed E-state index contributed by atoms with van der Waals surface area (Å²) in [7, 11) is 0. The van der Waals surface area contributed by atoms with Crippen molar-refractivity contribution in [2.45, 2.75) is 5.88 Å². The molecule has 0 saturated heterocycles. The molecule has 1 heterocycles. The second-order valence-corrected chi connectivity index (χ2v) is 2.65. The van der Waals surface area contributed by atoms with E-state index >= 15 is 0 Å². The SMILES string of the molecule is ClCc1cccc2[nH]ncc12. The van der Waals surface area contributed by atoms with Crippen LogP contribution in [0.2, 0.25) is 0 Å². The average molecular weight is 167 g/mol. The minimum atomic E-state index is 0.539. The number of alkyl halides is 1. The summed E-state index contributed by atoms with van der Waals surface area (Å²) in [6.07, 6.45) is 1.80. The largest absolute Gasteiger partial charge is 0.278 e. The molecular weight excluding hydrogens is 160 g/mol. The lowest BCUT2D eigenvalue weighted by Crippen LogP contribution is -1.77. The Morgan fingerprint density at radius 1 is 1.45 bits per heavy atom. The van der Waals surface area contributed by atoms with Crippen LogP contribution in [-0.2, 0) is 5.88 Å². The maximum Gasteiger partial charge on any atom is 0.0653 e. The highest BCUT2D eigenvalue weighted by atomic mass is 35.5. The molecule has 2 rings (SSSR count). The molecule has 0 bridgehead atoms. The van der Waals surface area contributed by atoms with E-state index in [1.165, 1.54) is 0 Å². The van der Waals surface area contributed by atoms with Crippen LogP contribution in [0.25, 0.3) is 10.9 Å². The van der Waals surface area contributed by atoms with Crippen molar-refractivity contribution in [3.63, 3.8) is 0 Å². The molecule has 1 aromatic carbocycles. The predicted molar refractivity (Wildman–Crippen MR) is 45.7 cm³/mol. The van der Waals surface area contributed by atoms with Gasteiger partial charge in [0.2, 0.25) is 0 Å². The van der Waals surface area contributed by atoms with Crippen LogP contribution in [0.15, 0.2) is 24.4 Å². The van der Waals surface area contributed by atoms with E-state index in [-0.39, 0.29) is 0 Å². The summed E-state index contributed by atoms with van der Waals surface area (Å²) in [6.45, 7) is 0. The van der Waals surface area contributed by atoms with Gasteiger partial charge in [-0.05, 0) is 11.6 Å². The Balaban J connectivity index is 2.79. The van der Waals surface area contributed by atoms with E-state index in [2.05, 4.69) is 10.2 Å². The summed E-state index contributed by atoms with van der Waals surface area (Å²) in [5, 5.41) is 7.93. The highest BCUT2D eigenvalue weighted by molar-refractivity contribution is 6.17. The lowest BCUT2D eigenvalue weighted by molar-refractivity contribution is 1.12. The zero-order chi connectivity index (χ0) is 7.68. The number of nitrogens with zero attached hydrogens (tertiary/aromatic N) is 1. The van der Waals surface area contributed by atoms with Crippen LogP contribution in [0.4, 0.5) is 0 Å². The van der Waals surface area contributed by atoms with Crippen molar-refractivity contribution < 1.29 is 0 Å². The van der Waals surface area contributed by atoms with Gasteiger partial charge in [0, 0.05) is 11.3 Å². The molecule has 0 spiro atoms. The number of benzene rings is 1. The molecule has 0 aliphatic heterocycles. The molecule has 1 N–H and O–H groups in total. The van der Waals surface area contributed by atoms with Gasteiger partial charge in [-0.15, -0.1) is 11.6 Å². The molecule has 0 aliphatic carbocycles. The van der Waals surface area contributed by atoms with E-state index in [0.29, 0.717) is 5.88 Å². The van der Waals surface area contributed by atoms with Crippen molar-refractivity contribution in [2.75, 3.05) is 0 Å². The Hall–Kier alpha value is -1.02. The first-order valence-electron chi connectivity index (χ1n) is 3.39. The second kappa shape index (κ2) is 2.55. The molecule has 1 aromatic heterocycles. The molecule has 0 fully saturated rings. The number of aromatic amines is 1. The molecule has 0 saturated carbocycles. The number of nitrogens with one attached hydrogen (secondary N) is 1. The molecule has 0 atom stereocenters. The van der Waals surface area contributed by atoms with Crippen molar-refractivity contribution in [1.82, 2.24) is 10.2 Å². The van der Waals surface area contributed by atoms with Crippen LogP contribution in [0.5, 0.6) is 0 Å². The number of halogens is 1. The Bertz CT molecular complexity index is 367. The third-order valence-corrected chi connectivity index (χ3v) is 2.01. The van der Waals surface area contributed by atoms with Gasteiger partial charge in [-0.2, -0.15) is 5.10 Å². The van der Waals surface area contributed by atoms with Gasteiger partial charge >= 0.3 is 0 Å². The lowest BCUT2D eigenvalue weighted by atomic mass is 10.1. The summed E-state index contributed by atoms with van der Waals surface area (Å²) < 4.78 is 0. The molecule has 56 valence electrons. The number of hydrogen-bond donors (Lipinski definition) is 1. The average Bonchev–Trinajstić information content (AvgIpc) is 2.50. The zero-order valence-corrected chi connectivity index (χ0v) is 6.60. The Kier molecular flexibility index (Phi) is 1.55. The van der Waals surface area contributed by atoms with Gasteiger partial charge in [0.15, 0.2) is 0 Å². The fraction of sp³-hybridized carbons (Fsp3) is 0.125. The van der Waals surface area contributed by atoms with Gasteiger partial charge in [0.1, 0.15) is 0 Å². The Labute approximate surface area is 69.2 Å². The number of hydrogen-bond acceptors (Lipinski definition) is 1. The molecule has 2 nitrogen and oxygen atoms in total. The minimum absolute atomic E-state index is 0.539. The zero-order valence-electron chi connectivity index (χ0n) is 5.84. The first-order valence-corrected chi connectivity index (χ1v) is 3.92. The van der Waals surface area contributed by atoms with Crippen molar-refractivity contribution in [3.8, 4) is 0 Å². The summed E-state index contributed by atoms with van der Waals surface area (Å²) in [5.74, 6) is 0.539. The van der Waals surface area contributed by atoms with Crippen LogP contribution in [0.1, 0.15) is 5.56 Å². The van der Waals surface area contributed by atoms with Crippen LogP contribution >= 0.6 is 11.6 Å². The number of H-pyrrole nitrogens is 1. The first-order chi connectivity index (χ1) is 5.42. The standard InChI is InChI=1S/C8H7ClN2/c9-4-6-2-1-3-8-7(6)5-10-11-8/h1-3,5H,4H2,(H,10,11). The highest BCUT2D eigenvalue weighted by Crippen LogP contribution is 2.17. The smallest absolute Gasteiger partial charge is 0.0653 e. The molecule has 0 amide bonds. The molecule has 11 heavy (non-hydrogen) atoms. The molecule has 0 radical (unpaired) electrons. The molecule has 0 aliphatic rings. The fourth-order valence-corrected chi connectivity index (χ4v) is 1.38. The Morgan fingerprint density at radius 2 is 2.36 bits per heavy atom.